The van der Waals surface area contributed by atoms with Crippen LogP contribution in [0.25, 0.3) is 0 Å². The normalized spacial score (nSPS) is 14.3. The molecule has 0 saturated heterocycles. The molecule has 4 rings (SSSR count). The van der Waals surface area contributed by atoms with E-state index in [1.165, 1.54) is 44.2 Å². The van der Waals surface area contributed by atoms with E-state index in [0.717, 1.165) is 24.3 Å². The van der Waals surface area contributed by atoms with Gasteiger partial charge in [0.2, 0.25) is 0 Å². The molecule has 0 saturated carbocycles. The highest BCUT2D eigenvalue weighted by molar-refractivity contribution is 5.29. The highest BCUT2D eigenvalue weighted by Crippen LogP contribution is 2.20. The molecule has 1 aliphatic heterocycles. The monoisotopic (exact) mass is 481 g/mol. The van der Waals surface area contributed by atoms with Crippen LogP contribution in [0.4, 0.5) is 0 Å². The fraction of sp³-hybridized carbons (Fsp3) is 0.647. The Morgan fingerprint density at radius 3 is 1.14 bits per heavy atom. The zero-order valence-corrected chi connectivity index (χ0v) is 25.3. The van der Waals surface area contributed by atoms with Gasteiger partial charge in [0.15, 0.2) is 0 Å². The maximum Gasteiger partial charge on any atom is 0.0239 e. The molecule has 0 atom stereocenters. The summed E-state index contributed by atoms with van der Waals surface area (Å²) in [6.45, 7) is 26.4. The van der Waals surface area contributed by atoms with Crippen LogP contribution in [0, 0.1) is 17.8 Å². The van der Waals surface area contributed by atoms with E-state index in [4.69, 9.17) is 0 Å². The van der Waals surface area contributed by atoms with Crippen molar-refractivity contribution in [3.8, 4) is 0 Å². The highest BCUT2D eigenvalue weighted by atomic mass is 15.1. The Balaban J connectivity index is 0.000000465. The highest BCUT2D eigenvalue weighted by Gasteiger charge is 2.17. The lowest BCUT2D eigenvalue weighted by molar-refractivity contribution is 0.203. The Kier molecular flexibility index (Phi) is 18.7. The molecule has 0 radical (unpaired) electrons. The number of rotatable bonds is 1. The van der Waals surface area contributed by atoms with Crippen molar-refractivity contribution in [3.05, 3.63) is 70.8 Å². The van der Waals surface area contributed by atoms with Crippen LogP contribution in [0.1, 0.15) is 111 Å². The number of nitrogens with zero attached hydrogens (tertiary/aromatic N) is 1. The first-order chi connectivity index (χ1) is 16.4. The first kappa shape index (κ1) is 33.4. The van der Waals surface area contributed by atoms with Gasteiger partial charge in [0.1, 0.15) is 0 Å². The third-order valence-electron chi connectivity index (χ3n) is 5.15. The first-order valence-electron chi connectivity index (χ1n) is 14.3. The Labute approximate surface area is 220 Å². The molecule has 35 heavy (non-hydrogen) atoms. The minimum absolute atomic E-state index is 0.674. The summed E-state index contributed by atoms with van der Waals surface area (Å²) in [4.78, 5) is 2.53. The van der Waals surface area contributed by atoms with Crippen molar-refractivity contribution >= 4 is 0 Å². The lowest BCUT2D eigenvalue weighted by Gasteiger charge is -2.31. The molecule has 2 aromatic rings. The minimum atomic E-state index is 0.674. The average molecular weight is 482 g/mol. The van der Waals surface area contributed by atoms with E-state index in [1.54, 1.807) is 16.7 Å². The van der Waals surface area contributed by atoms with Crippen LogP contribution in [-0.4, -0.2) is 17.5 Å². The van der Waals surface area contributed by atoms with E-state index in [9.17, 15) is 0 Å². The van der Waals surface area contributed by atoms with Crippen LogP contribution in [-0.2, 0) is 25.8 Å². The topological polar surface area (TPSA) is 3.24 Å². The summed E-state index contributed by atoms with van der Waals surface area (Å²) in [5.41, 5.74) is 6.21. The Morgan fingerprint density at radius 1 is 0.486 bits per heavy atom. The molecule has 1 heteroatoms. The quantitative estimate of drug-likeness (QED) is 0.391. The zero-order valence-electron chi connectivity index (χ0n) is 25.3. The Hall–Kier alpha value is -1.60. The molecule has 0 aromatic heterocycles. The molecular formula is C34H59N. The van der Waals surface area contributed by atoms with Gasteiger partial charge in [-0.3, -0.25) is 4.90 Å². The van der Waals surface area contributed by atoms with Crippen LogP contribution in [0.5, 0.6) is 0 Å². The van der Waals surface area contributed by atoms with E-state index < -0.39 is 0 Å². The van der Waals surface area contributed by atoms with Gasteiger partial charge in [0.05, 0.1) is 0 Å². The summed E-state index contributed by atoms with van der Waals surface area (Å²) in [5.74, 6) is 2.50. The van der Waals surface area contributed by atoms with Crippen molar-refractivity contribution in [2.75, 3.05) is 6.54 Å². The Bertz CT molecular complexity index is 709. The predicted molar refractivity (Wildman–Crippen MR) is 160 cm³/mol. The second-order valence-electron chi connectivity index (χ2n) is 12.3. The Morgan fingerprint density at radius 2 is 0.800 bits per heavy atom. The number of fused-ring (bicyclic) bond motifs is 2. The van der Waals surface area contributed by atoms with Crippen molar-refractivity contribution < 1.29 is 0 Å². The summed E-state index contributed by atoms with van der Waals surface area (Å²) in [7, 11) is 0. The molecule has 1 aliphatic carbocycles. The molecule has 2 aromatic carbocycles. The number of hydrogen-bond donors (Lipinski definition) is 0. The average Bonchev–Trinajstić information content (AvgIpc) is 2.78. The van der Waals surface area contributed by atoms with Gasteiger partial charge in [-0.05, 0) is 86.0 Å². The van der Waals surface area contributed by atoms with Crippen LogP contribution in [0.3, 0.4) is 0 Å². The third-order valence-corrected chi connectivity index (χ3v) is 5.15. The van der Waals surface area contributed by atoms with Crippen LogP contribution >= 0.6 is 0 Å². The van der Waals surface area contributed by atoms with Gasteiger partial charge in [-0.25, -0.2) is 0 Å². The minimum Gasteiger partial charge on any atom is -0.296 e. The molecule has 0 unspecified atom stereocenters. The SMILES string of the molecule is CC(C)C.CC(C)C.CC(C)C.CC(C)N1CCc2ccccc2C1.c1ccc2c(c1)CCCC2. The molecule has 0 bridgehead atoms. The van der Waals surface area contributed by atoms with Crippen molar-refractivity contribution in [3.63, 3.8) is 0 Å². The van der Waals surface area contributed by atoms with Crippen molar-refractivity contribution in [1.82, 2.24) is 4.90 Å². The predicted octanol–water partition coefficient (Wildman–Crippen LogP) is 10.0. The molecule has 0 amide bonds. The maximum atomic E-state index is 2.53. The van der Waals surface area contributed by atoms with Crippen molar-refractivity contribution in [1.29, 1.82) is 0 Å². The molecule has 1 heterocycles. The van der Waals surface area contributed by atoms with Crippen LogP contribution in [0.15, 0.2) is 48.5 Å². The molecular weight excluding hydrogens is 422 g/mol. The van der Waals surface area contributed by atoms with Gasteiger partial charge >= 0.3 is 0 Å². The summed E-state index contributed by atoms with van der Waals surface area (Å²) >= 11 is 0. The molecule has 2 aliphatic rings. The number of hydrogen-bond acceptors (Lipinski definition) is 1. The maximum absolute atomic E-state index is 2.53. The van der Waals surface area contributed by atoms with Gasteiger partial charge in [-0.1, -0.05) is 111 Å². The van der Waals surface area contributed by atoms with Gasteiger partial charge < -0.3 is 0 Å². The second kappa shape index (κ2) is 19.6. The smallest absolute Gasteiger partial charge is 0.0239 e. The fourth-order valence-electron chi connectivity index (χ4n) is 3.63. The summed E-state index contributed by atoms with van der Waals surface area (Å²) in [5, 5.41) is 0. The van der Waals surface area contributed by atoms with E-state index in [1.807, 2.05) is 0 Å². The lowest BCUT2D eigenvalue weighted by Crippen LogP contribution is -2.35. The molecule has 0 fully saturated rings. The molecule has 0 spiro atoms. The van der Waals surface area contributed by atoms with E-state index in [-0.39, 0.29) is 0 Å². The number of aryl methyl sites for hydroxylation is 2. The lowest BCUT2D eigenvalue weighted by atomic mass is 9.92. The van der Waals surface area contributed by atoms with E-state index >= 15 is 0 Å². The zero-order chi connectivity index (χ0) is 26.8. The van der Waals surface area contributed by atoms with E-state index in [2.05, 4.69) is 130 Å². The summed E-state index contributed by atoms with van der Waals surface area (Å²) in [6, 6.07) is 18.3. The largest absolute Gasteiger partial charge is 0.296 e. The van der Waals surface area contributed by atoms with E-state index in [0.29, 0.717) is 6.04 Å². The van der Waals surface area contributed by atoms with Gasteiger partial charge in [-0.2, -0.15) is 0 Å². The molecule has 200 valence electrons. The third kappa shape index (κ3) is 18.3. The second-order valence-corrected chi connectivity index (χ2v) is 12.3. The van der Waals surface area contributed by atoms with Crippen molar-refractivity contribution in [2.24, 2.45) is 17.8 Å². The van der Waals surface area contributed by atoms with Gasteiger partial charge in [0.25, 0.3) is 0 Å². The van der Waals surface area contributed by atoms with Gasteiger partial charge in [0, 0.05) is 19.1 Å². The first-order valence-corrected chi connectivity index (χ1v) is 14.3. The van der Waals surface area contributed by atoms with Crippen molar-refractivity contribution in [2.45, 2.75) is 121 Å². The number of benzene rings is 2. The molecule has 0 N–H and O–H groups in total. The van der Waals surface area contributed by atoms with Gasteiger partial charge in [-0.15, -0.1) is 0 Å². The summed E-state index contributed by atoms with van der Waals surface area (Å²) < 4.78 is 0. The van der Waals surface area contributed by atoms with Crippen LogP contribution < -0.4 is 0 Å². The fourth-order valence-corrected chi connectivity index (χ4v) is 3.63. The molecule has 1 nitrogen and oxygen atoms in total. The standard InChI is InChI=1S/C12H17N.C10H12.3C4H10/c1-10(2)13-8-7-11-5-3-4-6-12(11)9-13;1-2-6-10-8-4-3-7-9(10)5-1;3*1-4(2)3/h3-6,10H,7-9H2,1-2H3;1-2,5-6H,3-4,7-8H2;3*4H,1-3H3. The summed E-state index contributed by atoms with van der Waals surface area (Å²) in [6.07, 6.45) is 6.59. The van der Waals surface area contributed by atoms with Crippen LogP contribution in [0.2, 0.25) is 0 Å².